The van der Waals surface area contributed by atoms with E-state index in [2.05, 4.69) is 30.5 Å². The van der Waals surface area contributed by atoms with Gasteiger partial charge in [0.25, 0.3) is 0 Å². The summed E-state index contributed by atoms with van der Waals surface area (Å²) in [5.74, 6) is 0.153. The van der Waals surface area contributed by atoms with Crippen molar-refractivity contribution < 1.29 is 18.4 Å². The number of hydrogen-bond acceptors (Lipinski definition) is 6. The molecule has 0 aliphatic carbocycles. The van der Waals surface area contributed by atoms with Gasteiger partial charge in [0.05, 0.1) is 11.3 Å². The molecule has 0 amide bonds. The summed E-state index contributed by atoms with van der Waals surface area (Å²) in [6.45, 7) is 1.43. The maximum Gasteiger partial charge on any atom is 0.435 e. The van der Waals surface area contributed by atoms with E-state index in [0.29, 0.717) is 27.4 Å². The molecule has 11 heteroatoms. The number of anilines is 2. The van der Waals surface area contributed by atoms with Crippen LogP contribution in [0.15, 0.2) is 36.8 Å². The minimum atomic E-state index is -4.72. The fraction of sp³-hybridized carbons (Fsp3) is 0.111. The number of H-pyrrole nitrogens is 1. The van der Waals surface area contributed by atoms with Crippen molar-refractivity contribution in [2.75, 3.05) is 5.32 Å². The minimum absolute atomic E-state index is 0.128. The second-order valence-corrected chi connectivity index (χ2v) is 6.46. The lowest BCUT2D eigenvalue weighted by Gasteiger charge is -2.10. The monoisotopic (exact) mass is 399 g/mol. The molecule has 0 spiro atoms. The number of fused-ring (bicyclic) bond motifs is 5. The van der Waals surface area contributed by atoms with Gasteiger partial charge in [0.2, 0.25) is 0 Å². The Morgan fingerprint density at radius 3 is 2.76 bits per heavy atom. The van der Waals surface area contributed by atoms with Gasteiger partial charge >= 0.3 is 6.18 Å². The first kappa shape index (κ1) is 17.2. The number of aromatic amines is 1. The highest BCUT2D eigenvalue weighted by Gasteiger charge is 2.40. The highest BCUT2D eigenvalue weighted by molar-refractivity contribution is 5.95. The molecule has 8 nitrogen and oxygen atoms in total. The molecule has 0 radical (unpaired) electrons. The lowest BCUT2D eigenvalue weighted by Crippen LogP contribution is -2.09. The lowest BCUT2D eigenvalue weighted by molar-refractivity contribution is -0.140. The van der Waals surface area contributed by atoms with Crippen LogP contribution in [0.4, 0.5) is 24.7 Å². The Balaban J connectivity index is 1.86. The summed E-state index contributed by atoms with van der Waals surface area (Å²) < 4.78 is 41.1. The molecule has 0 saturated carbocycles. The number of halogens is 3. The second kappa shape index (κ2) is 5.80. The van der Waals surface area contributed by atoms with Crippen LogP contribution in [0.2, 0.25) is 0 Å². The van der Waals surface area contributed by atoms with E-state index >= 15 is 0 Å². The van der Waals surface area contributed by atoms with Gasteiger partial charge in [-0.25, -0.2) is 9.97 Å². The number of nitrogens with zero attached hydrogens (tertiary/aromatic N) is 5. The van der Waals surface area contributed by atoms with Crippen molar-refractivity contribution in [2.24, 2.45) is 0 Å². The maximum absolute atomic E-state index is 13.5. The summed E-state index contributed by atoms with van der Waals surface area (Å²) in [6.07, 6.45) is -0.0580. The number of pyridine rings is 2. The summed E-state index contributed by atoms with van der Waals surface area (Å²) in [5.41, 5.74) is 0.749. The molecule has 146 valence electrons. The Bertz CT molecular complexity index is 1260. The molecule has 5 heterocycles. The largest absolute Gasteiger partial charge is 0.435 e. The minimum Gasteiger partial charge on any atom is -0.426 e. The van der Waals surface area contributed by atoms with Gasteiger partial charge in [0.1, 0.15) is 17.2 Å². The van der Waals surface area contributed by atoms with Crippen LogP contribution in [0.3, 0.4) is 0 Å². The third-order valence-corrected chi connectivity index (χ3v) is 4.69. The first-order valence-corrected chi connectivity index (χ1v) is 8.47. The van der Waals surface area contributed by atoms with Crippen LogP contribution < -0.4 is 5.32 Å². The van der Waals surface area contributed by atoms with Gasteiger partial charge in [0, 0.05) is 35.4 Å². The molecule has 3 N–H and O–H groups in total. The van der Waals surface area contributed by atoms with Gasteiger partial charge in [0.15, 0.2) is 11.5 Å². The number of aromatic nitrogens is 6. The quantitative estimate of drug-likeness (QED) is 0.368. The lowest BCUT2D eigenvalue weighted by atomic mass is 10.1. The number of rotatable bonds is 1. The third-order valence-electron chi connectivity index (χ3n) is 4.69. The average Bonchev–Trinajstić information content (AvgIpc) is 3.18. The molecule has 1 aliphatic rings. The van der Waals surface area contributed by atoms with E-state index in [-0.39, 0.29) is 28.5 Å². The summed E-state index contributed by atoms with van der Waals surface area (Å²) in [5, 5.41) is 19.8. The van der Waals surface area contributed by atoms with Gasteiger partial charge < -0.3 is 10.5 Å². The Kier molecular flexibility index (Phi) is 3.45. The average molecular weight is 399 g/mol. The predicted molar refractivity (Wildman–Crippen MR) is 96.5 cm³/mol. The zero-order chi connectivity index (χ0) is 20.3. The molecule has 0 unspecified atom stereocenters. The van der Waals surface area contributed by atoms with Crippen molar-refractivity contribution in [1.82, 2.24) is 29.9 Å². The van der Waals surface area contributed by atoms with Crippen molar-refractivity contribution in [3.8, 4) is 33.9 Å². The van der Waals surface area contributed by atoms with Crippen molar-refractivity contribution in [2.45, 2.75) is 13.1 Å². The summed E-state index contributed by atoms with van der Waals surface area (Å²) >= 11 is 0. The fourth-order valence-electron chi connectivity index (χ4n) is 3.43. The molecule has 5 rings (SSSR count). The van der Waals surface area contributed by atoms with Crippen LogP contribution in [0, 0.1) is 6.92 Å². The highest BCUT2D eigenvalue weighted by atomic mass is 19.4. The van der Waals surface area contributed by atoms with Gasteiger partial charge in [-0.3, -0.25) is 10.1 Å². The summed E-state index contributed by atoms with van der Waals surface area (Å²) in [6, 6.07) is 5.05. The molecule has 29 heavy (non-hydrogen) atoms. The zero-order valence-corrected chi connectivity index (χ0v) is 14.8. The first-order valence-electron chi connectivity index (χ1n) is 8.47. The number of imidazole rings is 1. The van der Waals surface area contributed by atoms with E-state index in [0.717, 1.165) is 0 Å². The molecule has 1 aliphatic heterocycles. The topological polar surface area (TPSA) is 105 Å². The zero-order valence-electron chi connectivity index (χ0n) is 14.8. The molecule has 0 aromatic carbocycles. The maximum atomic E-state index is 13.5. The van der Waals surface area contributed by atoms with Crippen LogP contribution in [-0.2, 0) is 6.18 Å². The summed E-state index contributed by atoms with van der Waals surface area (Å²) in [4.78, 5) is 12.7. The number of hydrogen-bond donors (Lipinski definition) is 3. The SMILES string of the molecule is Cc1[nH]nc(C(F)(F)F)c1-c1nc2c(n1O)-c1cccnc1Nc1ccncc1-2. The standard InChI is InChI=1S/C18H12F3N7O/c1-8-12(15(27-26-8)18(19,20)21)17-25-13-10-7-22-6-4-11(10)24-16-9(3-2-5-23-16)14(13)28(17)29/h2-7,29H,1H3,(H,23,24)(H,26,27). The van der Waals surface area contributed by atoms with E-state index < -0.39 is 11.9 Å². The van der Waals surface area contributed by atoms with Gasteiger partial charge in [-0.05, 0) is 25.1 Å². The van der Waals surface area contributed by atoms with E-state index in [1.165, 1.54) is 13.1 Å². The van der Waals surface area contributed by atoms with Crippen LogP contribution in [0.1, 0.15) is 11.4 Å². The van der Waals surface area contributed by atoms with E-state index in [1.807, 2.05) is 0 Å². The number of nitrogens with one attached hydrogen (secondary N) is 2. The Hall–Kier alpha value is -3.89. The molecule has 0 bridgehead atoms. The van der Waals surface area contributed by atoms with Gasteiger partial charge in [-0.2, -0.15) is 23.0 Å². The van der Waals surface area contributed by atoms with Crippen LogP contribution >= 0.6 is 0 Å². The Labute approximate surface area is 161 Å². The Morgan fingerprint density at radius 1 is 1.14 bits per heavy atom. The van der Waals surface area contributed by atoms with Crippen molar-refractivity contribution >= 4 is 11.5 Å². The van der Waals surface area contributed by atoms with Crippen LogP contribution in [0.25, 0.3) is 33.9 Å². The Morgan fingerprint density at radius 2 is 1.97 bits per heavy atom. The van der Waals surface area contributed by atoms with Gasteiger partial charge in [-0.15, -0.1) is 0 Å². The van der Waals surface area contributed by atoms with Crippen LogP contribution in [-0.4, -0.2) is 35.1 Å². The van der Waals surface area contributed by atoms with Crippen molar-refractivity contribution in [3.63, 3.8) is 0 Å². The first-order chi connectivity index (χ1) is 13.9. The molecule has 0 fully saturated rings. The molecular weight excluding hydrogens is 387 g/mol. The predicted octanol–water partition coefficient (Wildman–Crippen LogP) is 4.02. The van der Waals surface area contributed by atoms with Crippen molar-refractivity contribution in [1.29, 1.82) is 0 Å². The smallest absolute Gasteiger partial charge is 0.426 e. The molecule has 4 aromatic heterocycles. The highest BCUT2D eigenvalue weighted by Crippen LogP contribution is 2.45. The summed E-state index contributed by atoms with van der Waals surface area (Å²) in [7, 11) is 0. The third kappa shape index (κ3) is 2.47. The molecule has 0 atom stereocenters. The van der Waals surface area contributed by atoms with E-state index in [4.69, 9.17) is 0 Å². The van der Waals surface area contributed by atoms with Gasteiger partial charge in [-0.1, -0.05) is 0 Å². The molecule has 0 saturated heterocycles. The van der Waals surface area contributed by atoms with E-state index in [1.54, 1.807) is 30.6 Å². The molecular formula is C18H12F3N7O. The molecule has 4 aromatic rings. The van der Waals surface area contributed by atoms with E-state index in [9.17, 15) is 18.4 Å². The van der Waals surface area contributed by atoms with Crippen LogP contribution in [0.5, 0.6) is 0 Å². The normalized spacial score (nSPS) is 12.6. The second-order valence-electron chi connectivity index (χ2n) is 6.46. The number of alkyl halides is 3. The van der Waals surface area contributed by atoms with Crippen molar-refractivity contribution in [3.05, 3.63) is 48.2 Å². The fourth-order valence-corrected chi connectivity index (χ4v) is 3.43. The number of aryl methyl sites for hydroxylation is 1.